The lowest BCUT2D eigenvalue weighted by Gasteiger charge is -2.05. The van der Waals surface area contributed by atoms with Gasteiger partial charge in [-0.25, -0.2) is 9.78 Å². The first kappa shape index (κ1) is 16.7. The fraction of sp³-hybridized carbons (Fsp3) is 0.167. The molecule has 0 amide bonds. The van der Waals surface area contributed by atoms with Gasteiger partial charge in [-0.3, -0.25) is 0 Å². The number of ether oxygens (including phenoxy) is 1. The number of aliphatic hydroxyl groups excluding tert-OH is 1. The second-order valence-corrected chi connectivity index (χ2v) is 6.90. The predicted molar refractivity (Wildman–Crippen MR) is 95.3 cm³/mol. The summed E-state index contributed by atoms with van der Waals surface area (Å²) in [6.45, 7) is 3.34. The average molecular weight is 353 g/mol. The van der Waals surface area contributed by atoms with Gasteiger partial charge in [0.2, 0.25) is 0 Å². The molecule has 126 valence electrons. The van der Waals surface area contributed by atoms with E-state index in [1.807, 2.05) is 38.1 Å². The highest BCUT2D eigenvalue weighted by Crippen LogP contribution is 2.22. The van der Waals surface area contributed by atoms with Crippen molar-refractivity contribution >= 4 is 33.9 Å². The number of benzene rings is 1. The van der Waals surface area contributed by atoms with Crippen molar-refractivity contribution in [3.8, 4) is 6.07 Å². The van der Waals surface area contributed by atoms with Gasteiger partial charge in [-0.1, -0.05) is 12.1 Å². The first-order valence-corrected chi connectivity index (χ1v) is 8.32. The molecule has 2 N–H and O–H groups in total. The van der Waals surface area contributed by atoms with Crippen LogP contribution in [-0.2, 0) is 4.74 Å². The maximum Gasteiger partial charge on any atom is 0.339 e. The Morgan fingerprint density at radius 1 is 1.40 bits per heavy atom. The van der Waals surface area contributed by atoms with Crippen molar-refractivity contribution in [2.75, 3.05) is 6.61 Å². The van der Waals surface area contributed by atoms with Crippen molar-refractivity contribution in [1.29, 1.82) is 5.26 Å². The summed E-state index contributed by atoms with van der Waals surface area (Å²) in [5.74, 6) is -0.644. The number of allylic oxidation sites excluding steroid dienone is 1. The Labute approximate surface area is 148 Å². The number of rotatable bonds is 4. The van der Waals surface area contributed by atoms with E-state index in [1.54, 1.807) is 12.1 Å². The third-order valence-corrected chi connectivity index (χ3v) is 4.59. The summed E-state index contributed by atoms with van der Waals surface area (Å²) < 4.78 is 5.13. The average Bonchev–Trinajstić information content (AvgIpc) is 3.15. The molecular weight excluding hydrogens is 338 g/mol. The van der Waals surface area contributed by atoms with Crippen LogP contribution in [0.3, 0.4) is 0 Å². The summed E-state index contributed by atoms with van der Waals surface area (Å²) in [6.07, 6.45) is 0. The van der Waals surface area contributed by atoms with Crippen LogP contribution in [-0.4, -0.2) is 27.7 Å². The minimum absolute atomic E-state index is 0.0535. The van der Waals surface area contributed by atoms with Crippen molar-refractivity contribution in [2.24, 2.45) is 0 Å². The minimum atomic E-state index is -0.532. The topological polar surface area (TPSA) is 99.0 Å². The number of nitrogens with one attached hydrogen (secondary N) is 1. The maximum atomic E-state index is 12.1. The van der Waals surface area contributed by atoms with Crippen LogP contribution < -0.4 is 0 Å². The third-order valence-electron chi connectivity index (χ3n) is 3.63. The number of thiophene rings is 1. The number of H-pyrrole nitrogens is 1. The number of hydrogen-bond donors (Lipinski definition) is 2. The molecular formula is C18H15N3O3S. The van der Waals surface area contributed by atoms with Crippen LogP contribution in [0.2, 0.25) is 0 Å². The SMILES string of the molecule is Cc1cc(C(=O)OC/C(O)=C(\C#N)c2nc3ccccc3[nH]2)c(C)s1. The molecule has 0 unspecified atom stereocenters. The quantitative estimate of drug-likeness (QED) is 0.421. The van der Waals surface area contributed by atoms with Crippen LogP contribution in [0.4, 0.5) is 0 Å². The minimum Gasteiger partial charge on any atom is -0.507 e. The van der Waals surface area contributed by atoms with Gasteiger partial charge in [0.25, 0.3) is 0 Å². The van der Waals surface area contributed by atoms with Crippen molar-refractivity contribution in [3.05, 3.63) is 57.2 Å². The van der Waals surface area contributed by atoms with Crippen molar-refractivity contribution in [1.82, 2.24) is 9.97 Å². The molecule has 0 aliphatic rings. The number of carbonyl (C=O) groups excluding carboxylic acids is 1. The van der Waals surface area contributed by atoms with Gasteiger partial charge in [0, 0.05) is 9.75 Å². The number of aromatic nitrogens is 2. The van der Waals surface area contributed by atoms with Crippen LogP contribution in [0.25, 0.3) is 16.6 Å². The van der Waals surface area contributed by atoms with E-state index in [1.165, 1.54) is 11.3 Å². The number of fused-ring (bicyclic) bond motifs is 1. The number of aryl methyl sites for hydroxylation is 2. The zero-order chi connectivity index (χ0) is 18.0. The number of para-hydroxylation sites is 2. The largest absolute Gasteiger partial charge is 0.507 e. The standard InChI is InChI=1S/C18H15N3O3S/c1-10-7-12(11(2)25-10)18(23)24-9-16(22)13(8-19)17-20-14-5-3-4-6-15(14)21-17/h3-7,22H,9H2,1-2H3,(H,20,21)/b16-13-. The predicted octanol–water partition coefficient (Wildman–Crippen LogP) is 3.89. The summed E-state index contributed by atoms with van der Waals surface area (Å²) >= 11 is 1.50. The van der Waals surface area contributed by atoms with E-state index in [4.69, 9.17) is 4.74 Å². The lowest BCUT2D eigenvalue weighted by molar-refractivity contribution is 0.0502. The first-order chi connectivity index (χ1) is 12.0. The van der Waals surface area contributed by atoms with Crippen LogP contribution in [0.15, 0.2) is 36.1 Å². The Morgan fingerprint density at radius 3 is 2.80 bits per heavy atom. The van der Waals surface area contributed by atoms with E-state index < -0.39 is 12.6 Å². The van der Waals surface area contributed by atoms with Gasteiger partial charge >= 0.3 is 5.97 Å². The van der Waals surface area contributed by atoms with E-state index in [-0.39, 0.29) is 17.2 Å². The van der Waals surface area contributed by atoms with Crippen LogP contribution in [0.1, 0.15) is 25.9 Å². The monoisotopic (exact) mass is 353 g/mol. The van der Waals surface area contributed by atoms with Crippen molar-refractivity contribution in [2.45, 2.75) is 13.8 Å². The molecule has 2 heterocycles. The lowest BCUT2D eigenvalue weighted by atomic mass is 10.2. The second-order valence-electron chi connectivity index (χ2n) is 5.44. The van der Waals surface area contributed by atoms with Crippen molar-refractivity contribution < 1.29 is 14.6 Å². The molecule has 0 spiro atoms. The Morgan fingerprint density at radius 2 is 2.16 bits per heavy atom. The van der Waals surface area contributed by atoms with Gasteiger partial charge in [-0.15, -0.1) is 11.3 Å². The van der Waals surface area contributed by atoms with Gasteiger partial charge in [0.1, 0.15) is 18.2 Å². The number of aliphatic hydroxyl groups is 1. The summed E-state index contributed by atoms with van der Waals surface area (Å²) in [4.78, 5) is 21.2. The van der Waals surface area contributed by atoms with Gasteiger partial charge in [-0.05, 0) is 32.0 Å². The van der Waals surface area contributed by atoms with Crippen LogP contribution in [0.5, 0.6) is 0 Å². The Hall–Kier alpha value is -3.11. The fourth-order valence-corrected chi connectivity index (χ4v) is 3.35. The molecule has 0 fully saturated rings. The molecule has 1 aromatic carbocycles. The summed E-state index contributed by atoms with van der Waals surface area (Å²) in [7, 11) is 0. The van der Waals surface area contributed by atoms with Crippen LogP contribution >= 0.6 is 11.3 Å². The number of aromatic amines is 1. The Bertz CT molecular complexity index is 991. The number of hydrogen-bond acceptors (Lipinski definition) is 6. The number of nitriles is 1. The lowest BCUT2D eigenvalue weighted by Crippen LogP contribution is -2.09. The zero-order valence-electron chi connectivity index (χ0n) is 13.7. The molecule has 3 rings (SSSR count). The highest BCUT2D eigenvalue weighted by molar-refractivity contribution is 7.12. The Balaban J connectivity index is 1.81. The van der Waals surface area contributed by atoms with E-state index in [9.17, 15) is 15.2 Å². The molecule has 0 saturated heterocycles. The van der Waals surface area contributed by atoms with Crippen LogP contribution in [0, 0.1) is 25.2 Å². The third kappa shape index (κ3) is 3.39. The molecule has 7 heteroatoms. The molecule has 0 bridgehead atoms. The molecule has 0 radical (unpaired) electrons. The summed E-state index contributed by atoms with van der Waals surface area (Å²) in [6, 6.07) is 10.9. The van der Waals surface area contributed by atoms with Gasteiger partial charge < -0.3 is 14.8 Å². The molecule has 0 aliphatic heterocycles. The maximum absolute atomic E-state index is 12.1. The van der Waals surface area contributed by atoms with Crippen molar-refractivity contribution in [3.63, 3.8) is 0 Å². The fourth-order valence-electron chi connectivity index (χ4n) is 2.44. The van der Waals surface area contributed by atoms with E-state index in [0.717, 1.165) is 15.3 Å². The van der Waals surface area contributed by atoms with E-state index in [0.29, 0.717) is 11.1 Å². The highest BCUT2D eigenvalue weighted by atomic mass is 32.1. The number of carbonyl (C=O) groups is 1. The molecule has 0 atom stereocenters. The number of imidazole rings is 1. The summed E-state index contributed by atoms with van der Waals surface area (Å²) in [5.41, 5.74) is 1.85. The number of nitrogens with zero attached hydrogens (tertiary/aromatic N) is 2. The summed E-state index contributed by atoms with van der Waals surface area (Å²) in [5, 5.41) is 19.5. The van der Waals surface area contributed by atoms with Gasteiger partial charge in [0.05, 0.1) is 16.6 Å². The highest BCUT2D eigenvalue weighted by Gasteiger charge is 2.17. The molecule has 6 nitrogen and oxygen atoms in total. The van der Waals surface area contributed by atoms with Gasteiger partial charge in [-0.2, -0.15) is 5.26 Å². The van der Waals surface area contributed by atoms with E-state index >= 15 is 0 Å². The molecule has 2 aromatic heterocycles. The number of esters is 1. The normalized spacial score (nSPS) is 11.9. The Kier molecular flexibility index (Phi) is 4.55. The van der Waals surface area contributed by atoms with E-state index in [2.05, 4.69) is 9.97 Å². The second kappa shape index (κ2) is 6.79. The van der Waals surface area contributed by atoms with Gasteiger partial charge in [0.15, 0.2) is 11.6 Å². The molecule has 3 aromatic rings. The molecule has 0 aliphatic carbocycles. The zero-order valence-corrected chi connectivity index (χ0v) is 14.5. The first-order valence-electron chi connectivity index (χ1n) is 7.51. The molecule has 25 heavy (non-hydrogen) atoms. The molecule has 0 saturated carbocycles. The smallest absolute Gasteiger partial charge is 0.339 e.